The van der Waals surface area contributed by atoms with Gasteiger partial charge >= 0.3 is 0 Å². The minimum absolute atomic E-state index is 0.00871. The molecule has 598 valence electrons. The first-order valence-electron chi connectivity index (χ1n) is 38.2. The fourth-order valence-electron chi connectivity index (χ4n) is 13.7. The van der Waals surface area contributed by atoms with Gasteiger partial charge in [-0.15, -0.1) is 0 Å². The normalized spacial score (nSPS) is 10.9. The van der Waals surface area contributed by atoms with Gasteiger partial charge in [-0.25, -0.2) is 23.4 Å². The quantitative estimate of drug-likeness (QED) is 0.0610. The zero-order valence-corrected chi connectivity index (χ0v) is 68.5. The predicted octanol–water partition coefficient (Wildman–Crippen LogP) is 14.1. The second kappa shape index (κ2) is 39.8. The van der Waals surface area contributed by atoms with E-state index >= 15 is 0 Å². The van der Waals surface area contributed by atoms with E-state index in [1.165, 1.54) is 29.0 Å². The first kappa shape index (κ1) is 85.5. The van der Waals surface area contributed by atoms with Crippen molar-refractivity contribution in [3.05, 3.63) is 371 Å². The van der Waals surface area contributed by atoms with Gasteiger partial charge in [-0.2, -0.15) is 25.5 Å². The van der Waals surface area contributed by atoms with Gasteiger partial charge in [0.2, 0.25) is 0 Å². The van der Waals surface area contributed by atoms with Crippen LogP contribution in [0.2, 0.25) is 10.0 Å². The van der Waals surface area contributed by atoms with E-state index in [2.05, 4.69) is 25.5 Å². The predicted molar refractivity (Wildman–Crippen MR) is 465 cm³/mol. The summed E-state index contributed by atoms with van der Waals surface area (Å²) in [4.78, 5) is 123. The van der Waals surface area contributed by atoms with Gasteiger partial charge in [-0.3, -0.25) is 47.9 Å². The molecule has 15 rings (SSSR count). The molecule has 0 bridgehead atoms. The fraction of sp³-hybridized carbons (Fsp3) is 0.211. The summed E-state index contributed by atoms with van der Waals surface area (Å²) < 4.78 is 11.6. The lowest BCUT2D eigenvalue weighted by molar-refractivity contribution is -0.119. The molecule has 0 fully saturated rings. The van der Waals surface area contributed by atoms with E-state index < -0.39 is 0 Å². The Kier molecular flexibility index (Phi) is 28.8. The number of nitrogens with zero attached hydrogens (tertiary/aromatic N) is 10. The van der Waals surface area contributed by atoms with Crippen LogP contribution < -0.4 is 32.5 Å². The van der Waals surface area contributed by atoms with Gasteiger partial charge in [0.15, 0.2) is 0 Å². The summed E-state index contributed by atoms with van der Waals surface area (Å²) in [7, 11) is 9.66. The van der Waals surface area contributed by atoms with Crippen molar-refractivity contribution in [3.63, 3.8) is 0 Å². The summed E-state index contributed by atoms with van der Waals surface area (Å²) >= 11 is 12.2. The minimum atomic E-state index is -0.164. The lowest BCUT2D eigenvalue weighted by atomic mass is 10.0. The highest BCUT2D eigenvalue weighted by Gasteiger charge is 2.20. The second-order valence-electron chi connectivity index (χ2n) is 28.9. The third kappa shape index (κ3) is 22.2. The molecule has 0 aliphatic heterocycles. The van der Waals surface area contributed by atoms with Crippen LogP contribution in [0.25, 0.3) is 53.9 Å². The number of methoxy groups -OCH3 is 1. The second-order valence-corrected chi connectivity index (χ2v) is 29.7. The molecule has 15 aromatic rings. The Morgan fingerprint density at radius 1 is 0.297 bits per heavy atom. The third-order valence-electron chi connectivity index (χ3n) is 19.8. The van der Waals surface area contributed by atoms with Crippen LogP contribution in [0.15, 0.2) is 261 Å². The molecule has 0 unspecified atom stereocenters. The van der Waals surface area contributed by atoms with E-state index in [0.29, 0.717) is 97.6 Å². The van der Waals surface area contributed by atoms with E-state index in [9.17, 15) is 47.9 Å². The van der Waals surface area contributed by atoms with E-state index in [1.54, 1.807) is 84.8 Å². The number of fused-ring (bicyclic) bond motifs is 5. The molecular formula is C95H88Cl2N10O11. The highest BCUT2D eigenvalue weighted by molar-refractivity contribution is 6.31. The highest BCUT2D eigenvalue weighted by atomic mass is 35.5. The number of hydrogen-bond donors (Lipinski definition) is 0. The van der Waals surface area contributed by atoms with Gasteiger partial charge in [-0.1, -0.05) is 216 Å². The van der Waals surface area contributed by atoms with Crippen LogP contribution in [0.5, 0.6) is 5.75 Å². The number of Topliss-reactive ketones (excluding diaryl/α,β-unsaturated/α-hetero) is 5. The van der Waals surface area contributed by atoms with Crippen LogP contribution in [0.1, 0.15) is 79.4 Å². The van der Waals surface area contributed by atoms with E-state index in [-0.39, 0.29) is 95.2 Å². The molecule has 118 heavy (non-hydrogen) atoms. The van der Waals surface area contributed by atoms with Crippen LogP contribution in [-0.4, -0.2) is 84.9 Å². The molecule has 0 atom stereocenters. The fourth-order valence-corrected chi connectivity index (χ4v) is 14.1. The van der Waals surface area contributed by atoms with Crippen LogP contribution in [0.4, 0.5) is 0 Å². The lowest BCUT2D eigenvalue weighted by Crippen LogP contribution is -2.22. The Balaban J connectivity index is 0.000000145. The number of hydrogen-bond acceptors (Lipinski definition) is 16. The van der Waals surface area contributed by atoms with Crippen LogP contribution in [-0.2, 0) is 123 Å². The van der Waals surface area contributed by atoms with Gasteiger partial charge in [0, 0.05) is 104 Å². The number of rotatable bonds is 22. The zero-order valence-electron chi connectivity index (χ0n) is 67.0. The van der Waals surface area contributed by atoms with Crippen molar-refractivity contribution in [3.8, 4) is 5.75 Å². The van der Waals surface area contributed by atoms with E-state index in [1.807, 2.05) is 215 Å². The molecule has 10 aromatic carbocycles. The average Bonchev–Trinajstić information content (AvgIpc) is 0.812. The van der Waals surface area contributed by atoms with Crippen LogP contribution in [0, 0.1) is 20.8 Å². The summed E-state index contributed by atoms with van der Waals surface area (Å²) in [5.74, 6) is 1.13. The van der Waals surface area contributed by atoms with Gasteiger partial charge in [0.25, 0.3) is 27.8 Å². The van der Waals surface area contributed by atoms with E-state index in [0.717, 1.165) is 71.6 Å². The van der Waals surface area contributed by atoms with E-state index in [4.69, 9.17) is 27.9 Å². The SMILES string of the molecule is COc1ccc(CCC(=O)Cc2nn(C)c(=O)c3ccccc23)cc1.Cc1ccc(CC(=O)Cc2nn(C)c(=O)c3ccccc23)cc1.Cc1ccc(CC(=O)Cc2nn(C)c(=O)c3ccccc23)cc1Cl.Cc1cccc(CC(=O)Cc2nn(C)c(=O)c3ccccc23)c1.Cn1nc(CC(=O)Cc2ccccc2Cl)c2ccccc2c1=O. The Bertz CT molecular complexity index is 6610. The number of benzene rings is 10. The number of carbonyl (C=O) groups is 5. The topological polar surface area (TPSA) is 269 Å². The summed E-state index contributed by atoms with van der Waals surface area (Å²) in [5.41, 5.74) is 10.5. The van der Waals surface area contributed by atoms with Gasteiger partial charge in [0.1, 0.15) is 34.7 Å². The summed E-state index contributed by atoms with van der Waals surface area (Å²) in [5, 5.41) is 29.3. The molecule has 5 aromatic heterocycles. The summed E-state index contributed by atoms with van der Waals surface area (Å²) in [6, 6.07) is 72.9. The lowest BCUT2D eigenvalue weighted by Gasteiger charge is -2.08. The number of carbonyl (C=O) groups excluding carboxylic acids is 5. The van der Waals surface area contributed by atoms with Crippen molar-refractivity contribution in [1.82, 2.24) is 48.9 Å². The molecular weight excluding hydrogens is 1530 g/mol. The number of ketones is 5. The Hall–Kier alpha value is -13.4. The Morgan fingerprint density at radius 3 is 0.966 bits per heavy atom. The van der Waals surface area contributed by atoms with Crippen molar-refractivity contribution in [2.75, 3.05) is 7.11 Å². The first-order valence-corrected chi connectivity index (χ1v) is 39.0. The molecule has 21 nitrogen and oxygen atoms in total. The van der Waals surface area contributed by atoms with Gasteiger partial charge < -0.3 is 4.74 Å². The smallest absolute Gasteiger partial charge is 0.274 e. The molecule has 0 aliphatic carbocycles. The molecule has 23 heteroatoms. The maximum absolute atomic E-state index is 12.4. The first-order chi connectivity index (χ1) is 56.7. The van der Waals surface area contributed by atoms with Crippen molar-refractivity contribution in [2.45, 2.75) is 91.4 Å². The van der Waals surface area contributed by atoms with Crippen molar-refractivity contribution < 1.29 is 28.7 Å². The maximum atomic E-state index is 12.4. The summed E-state index contributed by atoms with van der Waals surface area (Å²) in [6.07, 6.45) is 3.42. The highest BCUT2D eigenvalue weighted by Crippen LogP contribution is 2.24. The Morgan fingerprint density at radius 2 is 0.610 bits per heavy atom. The molecule has 0 N–H and O–H groups in total. The number of aromatic nitrogens is 10. The third-order valence-corrected chi connectivity index (χ3v) is 20.6. The minimum Gasteiger partial charge on any atom is -0.497 e. The molecule has 5 heterocycles. The monoisotopic (exact) mass is 1610 g/mol. The van der Waals surface area contributed by atoms with Crippen molar-refractivity contribution >= 4 is 106 Å². The van der Waals surface area contributed by atoms with Crippen LogP contribution in [0.3, 0.4) is 0 Å². The Labute approximate surface area is 690 Å². The maximum Gasteiger partial charge on any atom is 0.274 e. The van der Waals surface area contributed by atoms with Crippen LogP contribution >= 0.6 is 23.2 Å². The molecule has 0 spiro atoms. The molecule has 0 radical (unpaired) electrons. The largest absolute Gasteiger partial charge is 0.497 e. The van der Waals surface area contributed by atoms with Crippen molar-refractivity contribution in [2.24, 2.45) is 35.2 Å². The summed E-state index contributed by atoms with van der Waals surface area (Å²) in [6.45, 7) is 5.95. The molecule has 0 saturated heterocycles. The standard InChI is InChI=1S/C20H20N2O3.C19H17ClN2O2.2C19H18N2O2.C18H15ClN2O2/c1-22-20(24)18-6-4-3-5-17(18)19(21-22)13-15(23)10-7-14-8-11-16(25-2)12-9-14;1-12-7-8-13(10-17(12)20)9-14(23)11-18-15-5-3-4-6-16(15)19(24)22(2)21-18;1-13-6-5-7-14(10-13)11-15(22)12-18-16-8-3-4-9-17(16)19(23)21(2)20-18;1-13-7-9-14(10-8-13)11-15(22)12-18-16-5-3-4-6-17(16)19(23)21(2)20-18;1-21-18(23)15-8-4-3-7-14(15)17(20-21)11-13(22)10-12-6-2-5-9-16(12)19/h3-6,8-9,11-12H,7,10,13H2,1-2H3;3-8,10H,9,11H2,1-2H3;2*3-10H,11-12H2,1-2H3;2-9H,10-11H2,1H3. The number of ether oxygens (including phenoxy) is 1. The molecule has 0 aliphatic rings. The van der Waals surface area contributed by atoms with Gasteiger partial charge in [-0.05, 0) is 115 Å². The number of halogens is 2. The molecule has 0 saturated carbocycles. The van der Waals surface area contributed by atoms with Gasteiger partial charge in [0.05, 0.1) is 94.6 Å². The number of aryl methyl sites for hydroxylation is 9. The van der Waals surface area contributed by atoms with Crippen molar-refractivity contribution in [1.29, 1.82) is 0 Å². The zero-order chi connectivity index (χ0) is 84.3. The average molecular weight is 1620 g/mol. The molecule has 0 amide bonds.